The van der Waals surface area contributed by atoms with E-state index >= 15 is 0 Å². The molecule has 3 heteroatoms. The van der Waals surface area contributed by atoms with Crippen LogP contribution in [-0.2, 0) is 0 Å². The van der Waals surface area contributed by atoms with Gasteiger partial charge in [-0.15, -0.1) is 0 Å². The zero-order valence-corrected chi connectivity index (χ0v) is 28.0. The number of para-hydroxylation sites is 3. The second kappa shape index (κ2) is 10.1. The second-order valence-corrected chi connectivity index (χ2v) is 13.6. The van der Waals surface area contributed by atoms with Gasteiger partial charge in [0, 0.05) is 60.3 Å². The van der Waals surface area contributed by atoms with Crippen molar-refractivity contribution in [2.45, 2.75) is 20.3 Å². The zero-order chi connectivity index (χ0) is 33.1. The van der Waals surface area contributed by atoms with Crippen LogP contribution in [0.4, 0.5) is 0 Å². The summed E-state index contributed by atoms with van der Waals surface area (Å²) in [6.45, 7) is 4.43. The standard InChI is InChI=1S/C47H33N3/c1-3-4-15-34-29(2)48(40-19-10-7-16-35(34)40)32-22-24-33(25-23-32)49-42-21-12-9-18-37(42)45-44(49)28-38-36-17-8-11-20-41(36)50-43-27-31-14-6-5-13-30(31)26-39(43)46(45)47(38)50/h4-28H,3H2,1-2H3/b15-4-. The first-order valence-electron chi connectivity index (χ1n) is 17.6. The molecule has 11 rings (SSSR count). The molecule has 0 aliphatic rings. The number of rotatable bonds is 4. The highest BCUT2D eigenvalue weighted by atomic mass is 15.0. The Bertz CT molecular complexity index is 3180. The Morgan fingerprint density at radius 3 is 1.82 bits per heavy atom. The fourth-order valence-corrected chi connectivity index (χ4v) is 8.90. The van der Waals surface area contributed by atoms with Crippen LogP contribution in [0.5, 0.6) is 0 Å². The van der Waals surface area contributed by atoms with E-state index in [4.69, 9.17) is 0 Å². The highest BCUT2D eigenvalue weighted by Crippen LogP contribution is 2.47. The lowest BCUT2D eigenvalue weighted by molar-refractivity contribution is 1.05. The fourth-order valence-electron chi connectivity index (χ4n) is 8.90. The molecule has 0 spiro atoms. The summed E-state index contributed by atoms with van der Waals surface area (Å²) in [5.74, 6) is 0. The maximum atomic E-state index is 2.51. The van der Waals surface area contributed by atoms with Gasteiger partial charge < -0.3 is 13.5 Å². The average molecular weight is 640 g/mol. The smallest absolute Gasteiger partial charge is 0.0628 e. The van der Waals surface area contributed by atoms with E-state index in [1.54, 1.807) is 0 Å². The maximum Gasteiger partial charge on any atom is 0.0628 e. The molecule has 0 radical (unpaired) electrons. The van der Waals surface area contributed by atoms with Crippen molar-refractivity contribution in [1.29, 1.82) is 0 Å². The van der Waals surface area contributed by atoms with Crippen molar-refractivity contribution in [3.05, 3.63) is 157 Å². The monoisotopic (exact) mass is 639 g/mol. The van der Waals surface area contributed by atoms with E-state index in [1.807, 2.05) is 0 Å². The first-order valence-corrected chi connectivity index (χ1v) is 17.6. The molecule has 0 aliphatic heterocycles. The number of benzene rings is 7. The van der Waals surface area contributed by atoms with Gasteiger partial charge in [0.2, 0.25) is 0 Å². The Kier molecular flexibility index (Phi) is 5.58. The van der Waals surface area contributed by atoms with Gasteiger partial charge in [0.05, 0.1) is 33.1 Å². The Morgan fingerprint density at radius 2 is 1.08 bits per heavy atom. The van der Waals surface area contributed by atoms with E-state index in [9.17, 15) is 0 Å². The molecule has 0 aliphatic carbocycles. The lowest BCUT2D eigenvalue weighted by atomic mass is 10.0. The second-order valence-electron chi connectivity index (χ2n) is 13.6. The SMILES string of the molecule is CC/C=C\c1c(C)n(-c2ccc(-n3c4ccccc4c4c5c6cc7ccccc7cc6n6c7ccccc7c(cc43)c56)cc2)c2ccccc12. The van der Waals surface area contributed by atoms with Crippen LogP contribution in [0, 0.1) is 6.92 Å². The fraction of sp³-hybridized carbons (Fsp3) is 0.0638. The summed E-state index contributed by atoms with van der Waals surface area (Å²) in [4.78, 5) is 0. The third-order valence-electron chi connectivity index (χ3n) is 11.0. The van der Waals surface area contributed by atoms with Crippen LogP contribution in [-0.4, -0.2) is 13.5 Å². The summed E-state index contributed by atoms with van der Waals surface area (Å²) in [5, 5.41) is 11.6. The molecule has 0 saturated heterocycles. The van der Waals surface area contributed by atoms with Crippen LogP contribution >= 0.6 is 0 Å². The molecule has 7 aromatic carbocycles. The quantitative estimate of drug-likeness (QED) is 0.182. The van der Waals surface area contributed by atoms with Crippen molar-refractivity contribution in [2.75, 3.05) is 0 Å². The zero-order valence-electron chi connectivity index (χ0n) is 28.0. The summed E-state index contributed by atoms with van der Waals surface area (Å²) in [5.41, 5.74) is 12.4. The molecular weight excluding hydrogens is 607 g/mol. The summed E-state index contributed by atoms with van der Waals surface area (Å²) in [6, 6.07) is 51.7. The molecule has 0 fully saturated rings. The van der Waals surface area contributed by atoms with Crippen LogP contribution in [0.3, 0.4) is 0 Å². The summed E-state index contributed by atoms with van der Waals surface area (Å²) in [6.07, 6.45) is 5.55. The van der Waals surface area contributed by atoms with Crippen LogP contribution < -0.4 is 0 Å². The van der Waals surface area contributed by atoms with E-state index in [1.165, 1.54) is 98.5 Å². The van der Waals surface area contributed by atoms with Gasteiger partial charge in [-0.3, -0.25) is 0 Å². The number of hydrogen-bond acceptors (Lipinski definition) is 0. The van der Waals surface area contributed by atoms with Crippen molar-refractivity contribution in [1.82, 2.24) is 13.5 Å². The van der Waals surface area contributed by atoms with E-state index < -0.39 is 0 Å². The molecule has 3 nitrogen and oxygen atoms in total. The van der Waals surface area contributed by atoms with Crippen molar-refractivity contribution < 1.29 is 0 Å². The minimum atomic E-state index is 1.02. The Hall–Kier alpha value is -6.32. The van der Waals surface area contributed by atoms with Crippen molar-refractivity contribution >= 4 is 87.7 Å². The number of aromatic nitrogens is 3. The van der Waals surface area contributed by atoms with Gasteiger partial charge in [-0.25, -0.2) is 0 Å². The van der Waals surface area contributed by atoms with E-state index in [2.05, 4.69) is 179 Å². The predicted octanol–water partition coefficient (Wildman–Crippen LogP) is 12.8. The molecule has 4 heterocycles. The van der Waals surface area contributed by atoms with Gasteiger partial charge >= 0.3 is 0 Å². The summed E-state index contributed by atoms with van der Waals surface area (Å²) in [7, 11) is 0. The molecule has 50 heavy (non-hydrogen) atoms. The molecule has 11 aromatic rings. The van der Waals surface area contributed by atoms with Crippen molar-refractivity contribution in [3.63, 3.8) is 0 Å². The molecule has 0 bridgehead atoms. The van der Waals surface area contributed by atoms with Gasteiger partial charge in [-0.05, 0) is 84.8 Å². The highest BCUT2D eigenvalue weighted by Gasteiger charge is 2.24. The van der Waals surface area contributed by atoms with Crippen LogP contribution in [0.1, 0.15) is 24.6 Å². The van der Waals surface area contributed by atoms with E-state index in [0.717, 1.165) is 12.1 Å². The molecule has 0 amide bonds. The first-order chi connectivity index (χ1) is 24.7. The van der Waals surface area contributed by atoms with E-state index in [0.29, 0.717) is 0 Å². The minimum Gasteiger partial charge on any atom is -0.313 e. The Balaban J connectivity index is 1.23. The Morgan fingerprint density at radius 1 is 0.480 bits per heavy atom. The van der Waals surface area contributed by atoms with Gasteiger partial charge in [0.25, 0.3) is 0 Å². The normalized spacial score (nSPS) is 12.6. The van der Waals surface area contributed by atoms with Crippen LogP contribution in [0.25, 0.3) is 99.0 Å². The van der Waals surface area contributed by atoms with Gasteiger partial charge in [0.15, 0.2) is 0 Å². The minimum absolute atomic E-state index is 1.02. The van der Waals surface area contributed by atoms with Crippen LogP contribution in [0.2, 0.25) is 0 Å². The van der Waals surface area contributed by atoms with Gasteiger partial charge in [-0.1, -0.05) is 97.9 Å². The summed E-state index contributed by atoms with van der Waals surface area (Å²) < 4.78 is 7.39. The lowest BCUT2D eigenvalue weighted by Gasteiger charge is -2.12. The molecule has 0 saturated carbocycles. The average Bonchev–Trinajstić information content (AvgIpc) is 3.86. The topological polar surface area (TPSA) is 14.3 Å². The van der Waals surface area contributed by atoms with Gasteiger partial charge in [-0.2, -0.15) is 0 Å². The molecule has 0 atom stereocenters. The molecule has 0 N–H and O–H groups in total. The largest absolute Gasteiger partial charge is 0.313 e. The van der Waals surface area contributed by atoms with Crippen LogP contribution in [0.15, 0.2) is 146 Å². The first kappa shape index (κ1) is 27.6. The van der Waals surface area contributed by atoms with E-state index in [-0.39, 0.29) is 0 Å². The number of nitrogens with zero attached hydrogens (tertiary/aromatic N) is 3. The molecule has 4 aromatic heterocycles. The molecule has 0 unspecified atom stereocenters. The van der Waals surface area contributed by atoms with Crippen molar-refractivity contribution in [3.8, 4) is 11.4 Å². The molecular formula is C47H33N3. The predicted molar refractivity (Wildman–Crippen MR) is 214 cm³/mol. The number of fused-ring (bicyclic) bond motifs is 12. The Labute approximate surface area is 288 Å². The maximum absolute atomic E-state index is 2.51. The third-order valence-corrected chi connectivity index (χ3v) is 11.0. The third kappa shape index (κ3) is 3.54. The summed E-state index contributed by atoms with van der Waals surface area (Å²) >= 11 is 0. The molecule has 236 valence electrons. The number of hydrogen-bond donors (Lipinski definition) is 0. The van der Waals surface area contributed by atoms with Gasteiger partial charge in [0.1, 0.15) is 0 Å². The van der Waals surface area contributed by atoms with Crippen molar-refractivity contribution in [2.24, 2.45) is 0 Å². The highest BCUT2D eigenvalue weighted by molar-refractivity contribution is 6.36. The number of allylic oxidation sites excluding steroid dienone is 1. The lowest BCUT2D eigenvalue weighted by Crippen LogP contribution is -1.99.